The van der Waals surface area contributed by atoms with Crippen molar-refractivity contribution in [2.45, 2.75) is 45.7 Å². The lowest BCUT2D eigenvalue weighted by Crippen LogP contribution is -2.51. The largest absolute Gasteiger partial charge is 0.345 e. The Morgan fingerprint density at radius 2 is 2.00 bits per heavy atom. The second-order valence-electron chi connectivity index (χ2n) is 6.67. The zero-order valence-electron chi connectivity index (χ0n) is 14.7. The van der Waals surface area contributed by atoms with Gasteiger partial charge in [0.1, 0.15) is 12.1 Å². The van der Waals surface area contributed by atoms with Gasteiger partial charge in [0.2, 0.25) is 17.7 Å². The number of para-hydroxylation sites is 1. The SMILES string of the molecule is CC(=O)N[C@@H](CC(C)C)C(=O)NC1CCN(c2ccccc2Cl)C1=O. The number of benzene rings is 1. The highest BCUT2D eigenvalue weighted by Gasteiger charge is 2.35. The molecule has 0 saturated carbocycles. The molecule has 0 spiro atoms. The second kappa shape index (κ2) is 8.34. The van der Waals surface area contributed by atoms with Gasteiger partial charge in [0.05, 0.1) is 10.7 Å². The summed E-state index contributed by atoms with van der Waals surface area (Å²) in [6.45, 7) is 5.81. The molecule has 1 aliphatic rings. The van der Waals surface area contributed by atoms with Crippen LogP contribution in [0.2, 0.25) is 5.02 Å². The highest BCUT2D eigenvalue weighted by molar-refractivity contribution is 6.34. The normalized spacial score (nSPS) is 18.4. The number of carbonyl (C=O) groups is 3. The minimum absolute atomic E-state index is 0.187. The van der Waals surface area contributed by atoms with Crippen LogP contribution in [-0.2, 0) is 14.4 Å². The molecular weight excluding hydrogens is 342 g/mol. The summed E-state index contributed by atoms with van der Waals surface area (Å²) in [4.78, 5) is 38.1. The predicted molar refractivity (Wildman–Crippen MR) is 97.4 cm³/mol. The minimum Gasteiger partial charge on any atom is -0.345 e. The molecule has 2 atom stereocenters. The van der Waals surface area contributed by atoms with Gasteiger partial charge in [0.25, 0.3) is 0 Å². The van der Waals surface area contributed by atoms with E-state index in [4.69, 9.17) is 11.6 Å². The molecule has 1 aromatic rings. The van der Waals surface area contributed by atoms with E-state index in [0.717, 1.165) is 0 Å². The van der Waals surface area contributed by atoms with Gasteiger partial charge in [-0.2, -0.15) is 0 Å². The molecule has 25 heavy (non-hydrogen) atoms. The number of hydrogen-bond acceptors (Lipinski definition) is 3. The van der Waals surface area contributed by atoms with Gasteiger partial charge in [0, 0.05) is 13.5 Å². The molecule has 6 nitrogen and oxygen atoms in total. The summed E-state index contributed by atoms with van der Waals surface area (Å²) in [7, 11) is 0. The first-order chi connectivity index (χ1) is 11.8. The van der Waals surface area contributed by atoms with Crippen LogP contribution in [0.3, 0.4) is 0 Å². The molecule has 1 heterocycles. The monoisotopic (exact) mass is 365 g/mol. The van der Waals surface area contributed by atoms with E-state index in [1.54, 1.807) is 23.1 Å². The molecule has 1 unspecified atom stereocenters. The van der Waals surface area contributed by atoms with Crippen molar-refractivity contribution in [2.75, 3.05) is 11.4 Å². The molecule has 1 saturated heterocycles. The van der Waals surface area contributed by atoms with Gasteiger partial charge in [0.15, 0.2) is 0 Å². The molecule has 0 radical (unpaired) electrons. The van der Waals surface area contributed by atoms with E-state index in [9.17, 15) is 14.4 Å². The lowest BCUT2D eigenvalue weighted by molar-refractivity contribution is -0.130. The van der Waals surface area contributed by atoms with E-state index in [2.05, 4.69) is 10.6 Å². The maximum Gasteiger partial charge on any atom is 0.249 e. The molecule has 7 heteroatoms. The molecule has 1 aliphatic heterocycles. The molecule has 0 aliphatic carbocycles. The molecule has 2 rings (SSSR count). The average Bonchev–Trinajstić information content (AvgIpc) is 2.87. The third-order valence-corrected chi connectivity index (χ3v) is 4.39. The fourth-order valence-electron chi connectivity index (χ4n) is 2.94. The van der Waals surface area contributed by atoms with Gasteiger partial charge < -0.3 is 15.5 Å². The minimum atomic E-state index is -0.639. The number of amides is 3. The Bertz CT molecular complexity index is 663. The van der Waals surface area contributed by atoms with Gasteiger partial charge in [-0.15, -0.1) is 0 Å². The molecule has 1 fully saturated rings. The van der Waals surface area contributed by atoms with Crippen LogP contribution in [0.4, 0.5) is 5.69 Å². The number of nitrogens with one attached hydrogen (secondary N) is 2. The van der Waals surface area contributed by atoms with E-state index in [1.165, 1.54) is 6.92 Å². The van der Waals surface area contributed by atoms with Crippen LogP contribution in [0.25, 0.3) is 0 Å². The summed E-state index contributed by atoms with van der Waals surface area (Å²) >= 11 is 6.16. The fraction of sp³-hybridized carbons (Fsp3) is 0.500. The molecule has 2 N–H and O–H groups in total. The van der Waals surface area contributed by atoms with E-state index in [-0.39, 0.29) is 23.6 Å². The Labute approximate surface area is 152 Å². The smallest absolute Gasteiger partial charge is 0.249 e. The summed E-state index contributed by atoms with van der Waals surface area (Å²) in [5.41, 5.74) is 0.645. The van der Waals surface area contributed by atoms with E-state index in [0.29, 0.717) is 30.1 Å². The number of rotatable bonds is 6. The van der Waals surface area contributed by atoms with Crippen LogP contribution in [0.15, 0.2) is 24.3 Å². The summed E-state index contributed by atoms with van der Waals surface area (Å²) in [5, 5.41) is 5.92. The summed E-state index contributed by atoms with van der Waals surface area (Å²) in [5.74, 6) is -0.548. The van der Waals surface area contributed by atoms with Crippen molar-refractivity contribution in [2.24, 2.45) is 5.92 Å². The Hall–Kier alpha value is -2.08. The number of anilines is 1. The lowest BCUT2D eigenvalue weighted by Gasteiger charge is -2.22. The quantitative estimate of drug-likeness (QED) is 0.810. The Kier molecular flexibility index (Phi) is 6.42. The maximum atomic E-state index is 12.6. The first-order valence-electron chi connectivity index (χ1n) is 8.43. The second-order valence-corrected chi connectivity index (χ2v) is 7.08. The third-order valence-electron chi connectivity index (χ3n) is 4.07. The zero-order valence-corrected chi connectivity index (χ0v) is 15.5. The highest BCUT2D eigenvalue weighted by atomic mass is 35.5. The van der Waals surface area contributed by atoms with Crippen molar-refractivity contribution in [1.29, 1.82) is 0 Å². The van der Waals surface area contributed by atoms with Crippen molar-refractivity contribution in [3.05, 3.63) is 29.3 Å². The first kappa shape index (κ1) is 19.2. The van der Waals surface area contributed by atoms with Gasteiger partial charge in [-0.05, 0) is 30.9 Å². The van der Waals surface area contributed by atoms with E-state index in [1.807, 2.05) is 19.9 Å². The zero-order chi connectivity index (χ0) is 18.6. The Morgan fingerprint density at radius 1 is 1.32 bits per heavy atom. The topological polar surface area (TPSA) is 78.5 Å². The molecule has 136 valence electrons. The van der Waals surface area contributed by atoms with Crippen molar-refractivity contribution >= 4 is 35.0 Å². The number of nitrogens with zero attached hydrogens (tertiary/aromatic N) is 1. The molecule has 3 amide bonds. The lowest BCUT2D eigenvalue weighted by atomic mass is 10.0. The van der Waals surface area contributed by atoms with Crippen molar-refractivity contribution in [1.82, 2.24) is 10.6 Å². The van der Waals surface area contributed by atoms with Crippen LogP contribution < -0.4 is 15.5 Å². The molecule has 1 aromatic carbocycles. The van der Waals surface area contributed by atoms with Gasteiger partial charge in [-0.3, -0.25) is 14.4 Å². The highest BCUT2D eigenvalue weighted by Crippen LogP contribution is 2.29. The standard InChI is InChI=1S/C18H24ClN3O3/c1-11(2)10-15(20-12(3)23)17(24)21-14-8-9-22(18(14)25)16-7-5-4-6-13(16)19/h4-7,11,14-15H,8-10H2,1-3H3,(H,20,23)(H,21,24)/t14?,15-/m0/s1. The maximum absolute atomic E-state index is 12.6. The van der Waals surface area contributed by atoms with Gasteiger partial charge in [-0.1, -0.05) is 37.6 Å². The molecular formula is C18H24ClN3O3. The number of hydrogen-bond donors (Lipinski definition) is 2. The van der Waals surface area contributed by atoms with Crippen molar-refractivity contribution in [3.63, 3.8) is 0 Å². The summed E-state index contributed by atoms with van der Waals surface area (Å²) in [6, 6.07) is 5.88. The summed E-state index contributed by atoms with van der Waals surface area (Å²) < 4.78 is 0. The van der Waals surface area contributed by atoms with Crippen LogP contribution in [-0.4, -0.2) is 36.3 Å². The van der Waals surface area contributed by atoms with Crippen LogP contribution in [0.5, 0.6) is 0 Å². The Balaban J connectivity index is 2.05. The third kappa shape index (κ3) is 4.95. The van der Waals surface area contributed by atoms with Crippen molar-refractivity contribution < 1.29 is 14.4 Å². The number of carbonyl (C=O) groups excluding carboxylic acids is 3. The van der Waals surface area contributed by atoms with Gasteiger partial charge in [-0.25, -0.2) is 0 Å². The predicted octanol–water partition coefficient (Wildman–Crippen LogP) is 2.11. The Morgan fingerprint density at radius 3 is 2.60 bits per heavy atom. The van der Waals surface area contributed by atoms with E-state index >= 15 is 0 Å². The van der Waals surface area contributed by atoms with Crippen LogP contribution in [0, 0.1) is 5.92 Å². The summed E-state index contributed by atoms with van der Waals surface area (Å²) in [6.07, 6.45) is 1.02. The van der Waals surface area contributed by atoms with Crippen LogP contribution in [0.1, 0.15) is 33.6 Å². The first-order valence-corrected chi connectivity index (χ1v) is 8.80. The number of halogens is 1. The van der Waals surface area contributed by atoms with Crippen molar-refractivity contribution in [3.8, 4) is 0 Å². The average molecular weight is 366 g/mol. The fourth-order valence-corrected chi connectivity index (χ4v) is 3.18. The van der Waals surface area contributed by atoms with Gasteiger partial charge >= 0.3 is 0 Å². The molecule has 0 bridgehead atoms. The molecule has 0 aromatic heterocycles. The van der Waals surface area contributed by atoms with Crippen LogP contribution >= 0.6 is 11.6 Å². The van der Waals surface area contributed by atoms with E-state index < -0.39 is 12.1 Å².